The molecule has 0 saturated carbocycles. The van der Waals surface area contributed by atoms with Crippen molar-refractivity contribution in [3.05, 3.63) is 29.6 Å². The SMILES string of the molecule is CCC1CCCCCN1C(=O)c1ncccc1C(=O)O. The summed E-state index contributed by atoms with van der Waals surface area (Å²) in [4.78, 5) is 29.7. The van der Waals surface area contributed by atoms with Gasteiger partial charge >= 0.3 is 5.97 Å². The van der Waals surface area contributed by atoms with Crippen LogP contribution < -0.4 is 0 Å². The topological polar surface area (TPSA) is 70.5 Å². The second-order valence-electron chi connectivity index (χ2n) is 5.11. The Hall–Kier alpha value is -1.91. The minimum atomic E-state index is -1.11. The van der Waals surface area contributed by atoms with Crippen molar-refractivity contribution in [1.29, 1.82) is 0 Å². The van der Waals surface area contributed by atoms with Crippen LogP contribution in [-0.2, 0) is 0 Å². The van der Waals surface area contributed by atoms with E-state index in [1.807, 2.05) is 4.90 Å². The van der Waals surface area contributed by atoms with Crippen molar-refractivity contribution < 1.29 is 14.7 Å². The molecule has 1 aromatic rings. The summed E-state index contributed by atoms with van der Waals surface area (Å²) in [6, 6.07) is 3.16. The summed E-state index contributed by atoms with van der Waals surface area (Å²) in [6.07, 6.45) is 6.55. The molecule has 1 aliphatic heterocycles. The number of aromatic carboxylic acids is 1. The number of pyridine rings is 1. The van der Waals surface area contributed by atoms with E-state index in [0.717, 1.165) is 32.1 Å². The molecule has 1 aromatic heterocycles. The molecule has 1 N–H and O–H groups in total. The van der Waals surface area contributed by atoms with E-state index >= 15 is 0 Å². The molecule has 1 saturated heterocycles. The van der Waals surface area contributed by atoms with Crippen LogP contribution in [0.25, 0.3) is 0 Å². The van der Waals surface area contributed by atoms with E-state index in [0.29, 0.717) is 6.54 Å². The molecule has 20 heavy (non-hydrogen) atoms. The molecule has 1 unspecified atom stereocenters. The molecule has 0 aromatic carbocycles. The highest BCUT2D eigenvalue weighted by molar-refractivity contribution is 6.03. The Morgan fingerprint density at radius 2 is 2.20 bits per heavy atom. The van der Waals surface area contributed by atoms with E-state index in [-0.39, 0.29) is 23.2 Å². The summed E-state index contributed by atoms with van der Waals surface area (Å²) < 4.78 is 0. The van der Waals surface area contributed by atoms with Gasteiger partial charge in [0.2, 0.25) is 0 Å². The van der Waals surface area contributed by atoms with Crippen molar-refractivity contribution >= 4 is 11.9 Å². The first kappa shape index (κ1) is 14.5. The number of likely N-dealkylation sites (tertiary alicyclic amines) is 1. The third kappa shape index (κ3) is 2.98. The van der Waals surface area contributed by atoms with Crippen molar-refractivity contribution in [2.45, 2.75) is 45.1 Å². The molecular formula is C15H20N2O3. The van der Waals surface area contributed by atoms with Gasteiger partial charge in [-0.3, -0.25) is 9.78 Å². The smallest absolute Gasteiger partial charge is 0.338 e. The molecule has 5 nitrogen and oxygen atoms in total. The minimum Gasteiger partial charge on any atom is -0.478 e. The first-order valence-corrected chi connectivity index (χ1v) is 7.14. The predicted octanol–water partition coefficient (Wildman–Crippen LogP) is 2.57. The highest BCUT2D eigenvalue weighted by Crippen LogP contribution is 2.21. The Morgan fingerprint density at radius 3 is 2.90 bits per heavy atom. The van der Waals surface area contributed by atoms with Crippen LogP contribution in [-0.4, -0.2) is 39.5 Å². The maximum absolute atomic E-state index is 12.6. The van der Waals surface area contributed by atoms with Crippen LogP contribution in [0.15, 0.2) is 18.3 Å². The Labute approximate surface area is 118 Å². The lowest BCUT2D eigenvalue weighted by Crippen LogP contribution is -2.40. The summed E-state index contributed by atoms with van der Waals surface area (Å²) in [5, 5.41) is 9.18. The number of carboxylic acids is 1. The number of rotatable bonds is 3. The van der Waals surface area contributed by atoms with E-state index in [4.69, 9.17) is 0 Å². The number of nitrogens with zero attached hydrogens (tertiary/aromatic N) is 2. The fourth-order valence-electron chi connectivity index (χ4n) is 2.75. The average Bonchev–Trinajstić information content (AvgIpc) is 2.71. The van der Waals surface area contributed by atoms with Gasteiger partial charge in [0.05, 0.1) is 5.56 Å². The molecule has 108 valence electrons. The van der Waals surface area contributed by atoms with Crippen LogP contribution in [0.5, 0.6) is 0 Å². The molecule has 2 rings (SSSR count). The number of carbonyl (C=O) groups excluding carboxylic acids is 1. The summed E-state index contributed by atoms with van der Waals surface area (Å²) in [7, 11) is 0. The number of hydrogen-bond donors (Lipinski definition) is 1. The predicted molar refractivity (Wildman–Crippen MR) is 74.8 cm³/mol. The number of hydrogen-bond acceptors (Lipinski definition) is 3. The van der Waals surface area contributed by atoms with Crippen LogP contribution >= 0.6 is 0 Å². The second kappa shape index (κ2) is 6.50. The van der Waals surface area contributed by atoms with Crippen LogP contribution in [0, 0.1) is 0 Å². The lowest BCUT2D eigenvalue weighted by atomic mass is 10.1. The fourth-order valence-corrected chi connectivity index (χ4v) is 2.75. The lowest BCUT2D eigenvalue weighted by Gasteiger charge is -2.29. The van der Waals surface area contributed by atoms with Gasteiger partial charge in [0.25, 0.3) is 5.91 Å². The zero-order chi connectivity index (χ0) is 14.5. The van der Waals surface area contributed by atoms with E-state index in [9.17, 15) is 14.7 Å². The quantitative estimate of drug-likeness (QED) is 0.921. The van der Waals surface area contributed by atoms with Crippen molar-refractivity contribution in [2.24, 2.45) is 0 Å². The Balaban J connectivity index is 2.31. The highest BCUT2D eigenvalue weighted by Gasteiger charge is 2.28. The van der Waals surface area contributed by atoms with E-state index in [1.54, 1.807) is 6.07 Å². The van der Waals surface area contributed by atoms with Crippen molar-refractivity contribution in [1.82, 2.24) is 9.88 Å². The van der Waals surface area contributed by atoms with Crippen LogP contribution in [0.1, 0.15) is 59.9 Å². The summed E-state index contributed by atoms with van der Waals surface area (Å²) in [5.41, 5.74) is 0.0388. The molecular weight excluding hydrogens is 256 g/mol. The van der Waals surface area contributed by atoms with Gasteiger partial charge in [0, 0.05) is 18.8 Å². The molecule has 0 spiro atoms. The minimum absolute atomic E-state index is 0.0170. The Bertz CT molecular complexity index is 502. The molecule has 5 heteroatoms. The third-order valence-corrected chi connectivity index (χ3v) is 3.85. The summed E-state index contributed by atoms with van der Waals surface area (Å²) >= 11 is 0. The van der Waals surface area contributed by atoms with Gasteiger partial charge in [-0.2, -0.15) is 0 Å². The summed E-state index contributed by atoms with van der Waals surface area (Å²) in [6.45, 7) is 2.75. The maximum atomic E-state index is 12.6. The Kier molecular flexibility index (Phi) is 4.71. The third-order valence-electron chi connectivity index (χ3n) is 3.85. The van der Waals surface area contributed by atoms with Crippen LogP contribution in [0.4, 0.5) is 0 Å². The Morgan fingerprint density at radius 1 is 1.40 bits per heavy atom. The zero-order valence-electron chi connectivity index (χ0n) is 11.7. The monoisotopic (exact) mass is 276 g/mol. The van der Waals surface area contributed by atoms with Crippen molar-refractivity contribution in [3.63, 3.8) is 0 Å². The molecule has 2 heterocycles. The fraction of sp³-hybridized carbons (Fsp3) is 0.533. The van der Waals surface area contributed by atoms with Crippen molar-refractivity contribution in [2.75, 3.05) is 6.54 Å². The maximum Gasteiger partial charge on any atom is 0.338 e. The van der Waals surface area contributed by atoms with Crippen LogP contribution in [0.3, 0.4) is 0 Å². The number of aromatic nitrogens is 1. The van der Waals surface area contributed by atoms with Gasteiger partial charge in [0.15, 0.2) is 0 Å². The van der Waals surface area contributed by atoms with E-state index < -0.39 is 5.97 Å². The number of carbonyl (C=O) groups is 2. The highest BCUT2D eigenvalue weighted by atomic mass is 16.4. The van der Waals surface area contributed by atoms with Crippen molar-refractivity contribution in [3.8, 4) is 0 Å². The lowest BCUT2D eigenvalue weighted by molar-refractivity contribution is 0.0638. The molecule has 0 radical (unpaired) electrons. The zero-order valence-corrected chi connectivity index (χ0v) is 11.7. The molecule has 0 aliphatic carbocycles. The van der Waals surface area contributed by atoms with Gasteiger partial charge in [-0.15, -0.1) is 0 Å². The van der Waals surface area contributed by atoms with Gasteiger partial charge in [-0.25, -0.2) is 4.79 Å². The molecule has 0 bridgehead atoms. The van der Waals surface area contributed by atoms with E-state index in [1.165, 1.54) is 12.3 Å². The second-order valence-corrected chi connectivity index (χ2v) is 5.11. The summed E-state index contributed by atoms with van der Waals surface area (Å²) in [5.74, 6) is -1.36. The van der Waals surface area contributed by atoms with Gasteiger partial charge < -0.3 is 10.0 Å². The standard InChI is InChI=1S/C15H20N2O3/c1-2-11-7-4-3-5-10-17(11)14(18)13-12(15(19)20)8-6-9-16-13/h6,8-9,11H,2-5,7,10H2,1H3,(H,19,20). The average molecular weight is 276 g/mol. The first-order valence-electron chi connectivity index (χ1n) is 7.14. The molecule has 1 fully saturated rings. The molecule has 1 amide bonds. The van der Waals surface area contributed by atoms with Gasteiger partial charge in [-0.05, 0) is 31.4 Å². The number of carboxylic acid groups (broad SMARTS) is 1. The molecule has 1 aliphatic rings. The van der Waals surface area contributed by atoms with Gasteiger partial charge in [0.1, 0.15) is 5.69 Å². The van der Waals surface area contributed by atoms with E-state index in [2.05, 4.69) is 11.9 Å². The van der Waals surface area contributed by atoms with Crippen LogP contribution in [0.2, 0.25) is 0 Å². The molecule has 1 atom stereocenters. The largest absolute Gasteiger partial charge is 0.478 e. The number of amides is 1. The first-order chi connectivity index (χ1) is 9.65. The van der Waals surface area contributed by atoms with Gasteiger partial charge in [-0.1, -0.05) is 19.8 Å². The normalized spacial score (nSPS) is 19.4.